The van der Waals surface area contributed by atoms with Crippen LogP contribution in [0.25, 0.3) is 0 Å². The van der Waals surface area contributed by atoms with Crippen molar-refractivity contribution in [1.29, 1.82) is 0 Å². The summed E-state index contributed by atoms with van der Waals surface area (Å²) in [4.78, 5) is 11.6. The Labute approximate surface area is 128 Å². The topological polar surface area (TPSA) is 101 Å². The van der Waals surface area contributed by atoms with Crippen molar-refractivity contribution in [3.63, 3.8) is 0 Å². The van der Waals surface area contributed by atoms with Crippen molar-refractivity contribution < 1.29 is 18.3 Å². The summed E-state index contributed by atoms with van der Waals surface area (Å²) >= 11 is 5.83. The number of rotatable bonds is 3. The number of carbonyl (C=O) groups excluding carboxylic acids is 1. The highest BCUT2D eigenvalue weighted by molar-refractivity contribution is 7.89. The van der Waals surface area contributed by atoms with Crippen LogP contribution in [0.2, 0.25) is 5.02 Å². The van der Waals surface area contributed by atoms with Gasteiger partial charge in [-0.05, 0) is 37.5 Å². The molecule has 1 aromatic carbocycles. The lowest BCUT2D eigenvalue weighted by Crippen LogP contribution is -2.53. The minimum atomic E-state index is -3.95. The van der Waals surface area contributed by atoms with Crippen molar-refractivity contribution in [1.82, 2.24) is 4.31 Å². The molecule has 0 aliphatic carbocycles. The first-order valence-corrected chi connectivity index (χ1v) is 8.40. The summed E-state index contributed by atoms with van der Waals surface area (Å²) < 4.78 is 26.4. The molecule has 0 saturated carbocycles. The maximum Gasteiger partial charge on any atom is 0.243 e. The third-order valence-electron chi connectivity index (χ3n) is 3.50. The summed E-state index contributed by atoms with van der Waals surface area (Å²) in [5.41, 5.74) is 5.29. The Kier molecular flexibility index (Phi) is 4.88. The Bertz CT molecular complexity index is 635. The number of halogens is 1. The molecule has 0 bridgehead atoms. The number of primary amides is 1. The van der Waals surface area contributed by atoms with Crippen LogP contribution in [0.1, 0.15) is 19.3 Å². The van der Waals surface area contributed by atoms with E-state index in [0.717, 1.165) is 4.31 Å². The average Bonchev–Trinajstić information content (AvgIpc) is 2.60. The SMILES string of the molecule is NC(=O)C1C(O)CCCCN1S(=O)(=O)c1cccc(Cl)c1. The number of carbonyl (C=O) groups is 1. The van der Waals surface area contributed by atoms with Gasteiger partial charge in [0.25, 0.3) is 0 Å². The zero-order chi connectivity index (χ0) is 15.6. The summed E-state index contributed by atoms with van der Waals surface area (Å²) in [6.07, 6.45) is 0.432. The maximum atomic E-state index is 12.7. The molecule has 1 aromatic rings. The predicted octanol–water partition coefficient (Wildman–Crippen LogP) is 0.729. The van der Waals surface area contributed by atoms with E-state index >= 15 is 0 Å². The molecule has 1 aliphatic rings. The number of aliphatic hydroxyl groups is 1. The second kappa shape index (κ2) is 6.31. The predicted molar refractivity (Wildman–Crippen MR) is 78.2 cm³/mol. The monoisotopic (exact) mass is 332 g/mol. The largest absolute Gasteiger partial charge is 0.391 e. The number of hydrogen-bond acceptors (Lipinski definition) is 4. The lowest BCUT2D eigenvalue weighted by Gasteiger charge is -2.29. The number of sulfonamides is 1. The van der Waals surface area contributed by atoms with E-state index in [1.165, 1.54) is 18.2 Å². The second-order valence-electron chi connectivity index (χ2n) is 4.98. The normalized spacial score (nSPS) is 24.5. The summed E-state index contributed by atoms with van der Waals surface area (Å²) in [5.74, 6) is -0.852. The fourth-order valence-corrected chi connectivity index (χ4v) is 4.44. The molecular weight excluding hydrogens is 316 g/mol. The van der Waals surface area contributed by atoms with Crippen molar-refractivity contribution >= 4 is 27.5 Å². The van der Waals surface area contributed by atoms with Crippen molar-refractivity contribution in [2.24, 2.45) is 5.73 Å². The molecule has 2 rings (SSSR count). The van der Waals surface area contributed by atoms with Crippen LogP contribution >= 0.6 is 11.6 Å². The molecule has 8 heteroatoms. The molecule has 21 heavy (non-hydrogen) atoms. The number of amides is 1. The van der Waals surface area contributed by atoms with E-state index in [-0.39, 0.29) is 16.5 Å². The third kappa shape index (κ3) is 3.37. The van der Waals surface area contributed by atoms with E-state index in [1.807, 2.05) is 0 Å². The van der Waals surface area contributed by atoms with E-state index in [0.29, 0.717) is 19.3 Å². The molecular formula is C13H17ClN2O4S. The minimum absolute atomic E-state index is 0.0182. The van der Waals surface area contributed by atoms with Gasteiger partial charge in [0, 0.05) is 11.6 Å². The quantitative estimate of drug-likeness (QED) is 0.852. The molecule has 0 spiro atoms. The van der Waals surface area contributed by atoms with Gasteiger partial charge in [0.05, 0.1) is 11.0 Å². The summed E-state index contributed by atoms with van der Waals surface area (Å²) in [7, 11) is -3.95. The average molecular weight is 333 g/mol. The van der Waals surface area contributed by atoms with Crippen LogP contribution in [-0.2, 0) is 14.8 Å². The van der Waals surface area contributed by atoms with Crippen LogP contribution in [0, 0.1) is 0 Å². The van der Waals surface area contributed by atoms with Crippen LogP contribution in [0.4, 0.5) is 0 Å². The van der Waals surface area contributed by atoms with E-state index in [4.69, 9.17) is 17.3 Å². The molecule has 1 amide bonds. The van der Waals surface area contributed by atoms with Crippen molar-refractivity contribution in [3.8, 4) is 0 Å². The van der Waals surface area contributed by atoms with Gasteiger partial charge in [0.15, 0.2) is 0 Å². The van der Waals surface area contributed by atoms with Gasteiger partial charge in [-0.1, -0.05) is 17.7 Å². The number of nitrogens with zero attached hydrogens (tertiary/aromatic N) is 1. The lowest BCUT2D eigenvalue weighted by molar-refractivity contribution is -0.124. The maximum absolute atomic E-state index is 12.7. The Morgan fingerprint density at radius 3 is 2.71 bits per heavy atom. The van der Waals surface area contributed by atoms with Crippen LogP contribution < -0.4 is 5.73 Å². The number of aliphatic hydroxyl groups excluding tert-OH is 1. The zero-order valence-corrected chi connectivity index (χ0v) is 12.8. The molecule has 0 aromatic heterocycles. The van der Waals surface area contributed by atoms with Crippen LogP contribution in [0.15, 0.2) is 29.2 Å². The molecule has 2 atom stereocenters. The fourth-order valence-electron chi connectivity index (χ4n) is 2.47. The van der Waals surface area contributed by atoms with Gasteiger partial charge >= 0.3 is 0 Å². The first kappa shape index (κ1) is 16.2. The van der Waals surface area contributed by atoms with E-state index in [2.05, 4.69) is 0 Å². The lowest BCUT2D eigenvalue weighted by atomic mass is 10.1. The third-order valence-corrected chi connectivity index (χ3v) is 5.61. The van der Waals surface area contributed by atoms with Gasteiger partial charge in [-0.15, -0.1) is 0 Å². The van der Waals surface area contributed by atoms with Gasteiger partial charge in [0.1, 0.15) is 6.04 Å². The molecule has 1 aliphatic heterocycles. The summed E-state index contributed by atoms with van der Waals surface area (Å²) in [6, 6.07) is 4.53. The fraction of sp³-hybridized carbons (Fsp3) is 0.462. The minimum Gasteiger partial charge on any atom is -0.391 e. The van der Waals surface area contributed by atoms with E-state index in [9.17, 15) is 18.3 Å². The molecule has 3 N–H and O–H groups in total. The van der Waals surface area contributed by atoms with Gasteiger partial charge in [0.2, 0.25) is 15.9 Å². The van der Waals surface area contributed by atoms with Gasteiger partial charge in [-0.25, -0.2) is 8.42 Å². The van der Waals surface area contributed by atoms with Crippen LogP contribution in [0.3, 0.4) is 0 Å². The highest BCUT2D eigenvalue weighted by Crippen LogP contribution is 2.26. The number of benzene rings is 1. The van der Waals surface area contributed by atoms with Gasteiger partial charge < -0.3 is 10.8 Å². The summed E-state index contributed by atoms with van der Waals surface area (Å²) in [6.45, 7) is 0.138. The highest BCUT2D eigenvalue weighted by Gasteiger charge is 2.40. The molecule has 116 valence electrons. The Morgan fingerprint density at radius 1 is 1.38 bits per heavy atom. The van der Waals surface area contributed by atoms with Gasteiger partial charge in [-0.2, -0.15) is 4.31 Å². The van der Waals surface area contributed by atoms with Crippen molar-refractivity contribution in [3.05, 3.63) is 29.3 Å². The van der Waals surface area contributed by atoms with E-state index in [1.54, 1.807) is 6.07 Å². The molecule has 1 saturated heterocycles. The van der Waals surface area contributed by atoms with Crippen molar-refractivity contribution in [2.45, 2.75) is 36.3 Å². The zero-order valence-electron chi connectivity index (χ0n) is 11.3. The molecule has 1 fully saturated rings. The molecule has 1 heterocycles. The Morgan fingerprint density at radius 2 is 2.10 bits per heavy atom. The highest BCUT2D eigenvalue weighted by atomic mass is 35.5. The van der Waals surface area contributed by atoms with Crippen LogP contribution in [-0.4, -0.2) is 42.4 Å². The van der Waals surface area contributed by atoms with Crippen molar-refractivity contribution in [2.75, 3.05) is 6.54 Å². The first-order valence-electron chi connectivity index (χ1n) is 6.59. The number of hydrogen-bond donors (Lipinski definition) is 2. The molecule has 6 nitrogen and oxygen atoms in total. The van der Waals surface area contributed by atoms with Gasteiger partial charge in [-0.3, -0.25) is 4.79 Å². The number of nitrogens with two attached hydrogens (primary N) is 1. The van der Waals surface area contributed by atoms with Crippen LogP contribution in [0.5, 0.6) is 0 Å². The molecule has 0 radical (unpaired) electrons. The molecule has 2 unspecified atom stereocenters. The Balaban J connectivity index is 2.47. The Hall–Kier alpha value is -1.15. The summed E-state index contributed by atoms with van der Waals surface area (Å²) in [5, 5.41) is 10.3. The van der Waals surface area contributed by atoms with E-state index < -0.39 is 28.1 Å². The first-order chi connectivity index (χ1) is 9.84. The standard InChI is InChI=1S/C13H17ClN2O4S/c14-9-4-3-5-10(8-9)21(19,20)16-7-2-1-6-11(17)12(16)13(15)18/h3-5,8,11-12,17H,1-2,6-7H2,(H2,15,18). The second-order valence-corrected chi connectivity index (χ2v) is 7.31. The smallest absolute Gasteiger partial charge is 0.243 e.